The van der Waals surface area contributed by atoms with Crippen molar-refractivity contribution in [3.05, 3.63) is 35.9 Å². The highest BCUT2D eigenvalue weighted by Gasteiger charge is 2.43. The molecule has 2 fully saturated rings. The van der Waals surface area contributed by atoms with Gasteiger partial charge in [0.15, 0.2) is 0 Å². The number of carbonyl (C=O) groups excluding carboxylic acids is 2. The van der Waals surface area contributed by atoms with Gasteiger partial charge in [-0.3, -0.25) is 14.5 Å². The van der Waals surface area contributed by atoms with Crippen LogP contribution in [-0.2, 0) is 16.1 Å². The average Bonchev–Trinajstić information content (AvgIpc) is 3.09. The Morgan fingerprint density at radius 1 is 1.10 bits per heavy atom. The fraction of sp³-hybridized carbons (Fsp3) is 0.636. The van der Waals surface area contributed by atoms with Gasteiger partial charge < -0.3 is 16.0 Å². The maximum absolute atomic E-state index is 13.3. The Labute approximate surface area is 192 Å². The van der Waals surface area contributed by atoms with E-state index in [1.165, 1.54) is 5.56 Å². The molecular weight excluding hydrogens is 423 g/mol. The number of benzene rings is 1. The summed E-state index contributed by atoms with van der Waals surface area (Å²) in [4.78, 5) is 29.9. The second kappa shape index (κ2) is 11.9. The fourth-order valence-corrected chi connectivity index (χ4v) is 4.44. The number of rotatable bonds is 6. The first-order chi connectivity index (χ1) is 13.4. The number of piperidine rings is 1. The minimum Gasteiger partial charge on any atom is -0.343 e. The van der Waals surface area contributed by atoms with Gasteiger partial charge in [0, 0.05) is 25.7 Å². The van der Waals surface area contributed by atoms with E-state index in [-0.39, 0.29) is 48.6 Å². The molecule has 2 unspecified atom stereocenters. The Kier molecular flexibility index (Phi) is 10.6. The quantitative estimate of drug-likeness (QED) is 0.685. The average molecular weight is 459 g/mol. The van der Waals surface area contributed by atoms with Gasteiger partial charge >= 0.3 is 0 Å². The normalized spacial score (nSPS) is 23.0. The number of hydrogen-bond acceptors (Lipinski definition) is 4. The van der Waals surface area contributed by atoms with Crippen LogP contribution in [0.3, 0.4) is 0 Å². The van der Waals surface area contributed by atoms with E-state index >= 15 is 0 Å². The van der Waals surface area contributed by atoms with Crippen molar-refractivity contribution in [3.8, 4) is 0 Å². The SMILES string of the molecule is CC(C)[C@H](NC(=O)[C@H](C)N)C(=O)N1CCC2CCN(Cc3ccccc3)CC21.Cl.Cl. The standard InChI is InChI=1S/C22H34N4O2.2ClH/c1-15(2)20(24-21(27)16(3)23)22(28)26-12-10-18-9-11-25(14-19(18)26)13-17-7-5-4-6-8-17;;/h4-8,15-16,18-20H,9-14,23H2,1-3H3,(H,24,27);2*1H/t16-,18?,19?,20-;;/m0../s1. The molecule has 2 aliphatic heterocycles. The molecule has 0 aliphatic carbocycles. The molecular formula is C22H36Cl2N4O2. The van der Waals surface area contributed by atoms with Gasteiger partial charge in [0.1, 0.15) is 6.04 Å². The lowest BCUT2D eigenvalue weighted by atomic mass is 9.91. The number of fused-ring (bicyclic) bond motifs is 1. The summed E-state index contributed by atoms with van der Waals surface area (Å²) in [6.07, 6.45) is 2.18. The third kappa shape index (κ3) is 6.33. The number of likely N-dealkylation sites (tertiary alicyclic amines) is 2. The zero-order valence-corrected chi connectivity index (χ0v) is 19.8. The molecule has 0 aromatic heterocycles. The largest absolute Gasteiger partial charge is 0.343 e. The number of amides is 2. The summed E-state index contributed by atoms with van der Waals surface area (Å²) in [5.74, 6) is 0.362. The van der Waals surface area contributed by atoms with Crippen LogP contribution >= 0.6 is 24.8 Å². The number of nitrogens with one attached hydrogen (secondary N) is 1. The number of hydrogen-bond donors (Lipinski definition) is 2. The lowest BCUT2D eigenvalue weighted by molar-refractivity contribution is -0.139. The summed E-state index contributed by atoms with van der Waals surface area (Å²) < 4.78 is 0. The molecule has 8 heteroatoms. The van der Waals surface area contributed by atoms with Gasteiger partial charge in [-0.2, -0.15) is 0 Å². The third-order valence-corrected chi connectivity index (χ3v) is 6.12. The van der Waals surface area contributed by atoms with Gasteiger partial charge in [-0.1, -0.05) is 44.2 Å². The second-order valence-electron chi connectivity index (χ2n) is 8.68. The van der Waals surface area contributed by atoms with Crippen molar-refractivity contribution in [2.24, 2.45) is 17.6 Å². The predicted octanol–water partition coefficient (Wildman–Crippen LogP) is 2.44. The molecule has 6 nitrogen and oxygen atoms in total. The van der Waals surface area contributed by atoms with Crippen LogP contribution < -0.4 is 11.1 Å². The first kappa shape index (κ1) is 26.7. The van der Waals surface area contributed by atoms with Crippen LogP contribution in [0.5, 0.6) is 0 Å². The van der Waals surface area contributed by atoms with E-state index < -0.39 is 12.1 Å². The maximum Gasteiger partial charge on any atom is 0.245 e. The van der Waals surface area contributed by atoms with E-state index in [2.05, 4.69) is 34.5 Å². The number of nitrogens with two attached hydrogens (primary N) is 1. The molecule has 3 rings (SSSR count). The van der Waals surface area contributed by atoms with Crippen LogP contribution in [0.25, 0.3) is 0 Å². The van der Waals surface area contributed by atoms with E-state index in [1.54, 1.807) is 6.92 Å². The number of carbonyl (C=O) groups is 2. The Morgan fingerprint density at radius 3 is 2.33 bits per heavy atom. The summed E-state index contributed by atoms with van der Waals surface area (Å²) in [6.45, 7) is 9.27. The molecule has 3 N–H and O–H groups in total. The smallest absolute Gasteiger partial charge is 0.245 e. The molecule has 30 heavy (non-hydrogen) atoms. The molecule has 2 amide bonds. The van der Waals surface area contributed by atoms with Crippen LogP contribution in [0, 0.1) is 11.8 Å². The van der Waals surface area contributed by atoms with E-state index in [9.17, 15) is 9.59 Å². The summed E-state index contributed by atoms with van der Waals surface area (Å²) in [6, 6.07) is 9.60. The maximum atomic E-state index is 13.3. The number of halogens is 2. The topological polar surface area (TPSA) is 78.7 Å². The van der Waals surface area contributed by atoms with E-state index in [0.29, 0.717) is 5.92 Å². The Morgan fingerprint density at radius 2 is 1.73 bits per heavy atom. The molecule has 2 heterocycles. The monoisotopic (exact) mass is 458 g/mol. The molecule has 1 aromatic rings. The molecule has 1 aromatic carbocycles. The van der Waals surface area contributed by atoms with Crippen LogP contribution in [0.15, 0.2) is 30.3 Å². The van der Waals surface area contributed by atoms with Crippen LogP contribution in [0.1, 0.15) is 39.2 Å². The van der Waals surface area contributed by atoms with Crippen molar-refractivity contribution in [1.82, 2.24) is 15.1 Å². The molecule has 4 atom stereocenters. The number of nitrogens with zero attached hydrogens (tertiary/aromatic N) is 2. The highest BCUT2D eigenvalue weighted by molar-refractivity contribution is 5.90. The lowest BCUT2D eigenvalue weighted by Crippen LogP contribution is -2.57. The fourth-order valence-electron chi connectivity index (χ4n) is 4.44. The summed E-state index contributed by atoms with van der Waals surface area (Å²) in [7, 11) is 0. The lowest BCUT2D eigenvalue weighted by Gasteiger charge is -2.40. The zero-order valence-electron chi connectivity index (χ0n) is 18.1. The zero-order chi connectivity index (χ0) is 20.3. The minimum absolute atomic E-state index is 0. The Balaban J connectivity index is 0.00000225. The molecule has 2 aliphatic rings. The summed E-state index contributed by atoms with van der Waals surface area (Å²) in [5, 5.41) is 2.87. The van der Waals surface area contributed by atoms with Crippen molar-refractivity contribution in [2.75, 3.05) is 19.6 Å². The Bertz CT molecular complexity index is 687. The third-order valence-electron chi connectivity index (χ3n) is 6.12. The minimum atomic E-state index is -0.614. The van der Waals surface area contributed by atoms with Crippen LogP contribution in [0.4, 0.5) is 0 Å². The van der Waals surface area contributed by atoms with Gasteiger partial charge in [-0.25, -0.2) is 0 Å². The van der Waals surface area contributed by atoms with Crippen LogP contribution in [-0.4, -0.2) is 59.4 Å². The van der Waals surface area contributed by atoms with Gasteiger partial charge in [0.05, 0.1) is 6.04 Å². The van der Waals surface area contributed by atoms with Crippen molar-refractivity contribution in [1.29, 1.82) is 0 Å². The van der Waals surface area contributed by atoms with Gasteiger partial charge in [0.25, 0.3) is 0 Å². The van der Waals surface area contributed by atoms with Crippen molar-refractivity contribution >= 4 is 36.6 Å². The predicted molar refractivity (Wildman–Crippen MR) is 125 cm³/mol. The van der Waals surface area contributed by atoms with E-state index in [4.69, 9.17) is 5.73 Å². The second-order valence-corrected chi connectivity index (χ2v) is 8.68. The Hall–Kier alpha value is -1.34. The molecule has 0 saturated carbocycles. The molecule has 0 radical (unpaired) electrons. The molecule has 0 spiro atoms. The van der Waals surface area contributed by atoms with Gasteiger partial charge in [-0.05, 0) is 43.7 Å². The summed E-state index contributed by atoms with van der Waals surface area (Å²) >= 11 is 0. The van der Waals surface area contributed by atoms with Crippen molar-refractivity contribution in [2.45, 2.75) is 58.3 Å². The highest BCUT2D eigenvalue weighted by atomic mass is 35.5. The first-order valence-corrected chi connectivity index (χ1v) is 10.5. The van der Waals surface area contributed by atoms with Crippen molar-refractivity contribution < 1.29 is 9.59 Å². The summed E-state index contributed by atoms with van der Waals surface area (Å²) in [5.41, 5.74) is 7.00. The highest BCUT2D eigenvalue weighted by Crippen LogP contribution is 2.33. The molecule has 2 saturated heterocycles. The van der Waals surface area contributed by atoms with Crippen molar-refractivity contribution in [3.63, 3.8) is 0 Å². The van der Waals surface area contributed by atoms with E-state index in [0.717, 1.165) is 39.0 Å². The molecule has 170 valence electrons. The van der Waals surface area contributed by atoms with Crippen LogP contribution in [0.2, 0.25) is 0 Å². The van der Waals surface area contributed by atoms with Gasteiger partial charge in [0.2, 0.25) is 11.8 Å². The molecule has 0 bridgehead atoms. The van der Waals surface area contributed by atoms with E-state index in [1.807, 2.05) is 24.8 Å². The first-order valence-electron chi connectivity index (χ1n) is 10.5. The van der Waals surface area contributed by atoms with Gasteiger partial charge in [-0.15, -0.1) is 24.8 Å².